The molecule has 1 saturated heterocycles. The first-order chi connectivity index (χ1) is 12.0. The largest absolute Gasteiger partial charge is 0.358 e. The Morgan fingerprint density at radius 3 is 2.60 bits per heavy atom. The second-order valence-corrected chi connectivity index (χ2v) is 7.48. The summed E-state index contributed by atoms with van der Waals surface area (Å²) in [5.74, 6) is 0.338. The molecule has 4 rings (SSSR count). The van der Waals surface area contributed by atoms with Gasteiger partial charge in [-0.05, 0) is 43.0 Å². The van der Waals surface area contributed by atoms with Gasteiger partial charge in [0.1, 0.15) is 0 Å². The molecule has 5 nitrogen and oxygen atoms in total. The smallest absolute Gasteiger partial charge is 0.226 e. The Morgan fingerprint density at radius 2 is 1.88 bits per heavy atom. The standard InChI is InChI=1S/C19H22ClN3O2/c1-12(24)22-6-8-23(9-7-22)19(25)13-2-4-17-15(10-13)16-11-14(20)3-5-18(16)21-17/h3,5,11,13,21H,2,4,6-10H2,1H3. The summed E-state index contributed by atoms with van der Waals surface area (Å²) in [7, 11) is 0. The molecule has 2 aromatic rings. The van der Waals surface area contributed by atoms with E-state index in [0.29, 0.717) is 26.2 Å². The third-order valence-electron chi connectivity index (χ3n) is 5.54. The van der Waals surface area contributed by atoms with Gasteiger partial charge in [0, 0.05) is 60.6 Å². The Kier molecular flexibility index (Phi) is 4.20. The van der Waals surface area contributed by atoms with Crippen LogP contribution in [-0.4, -0.2) is 52.8 Å². The molecule has 1 aliphatic carbocycles. The summed E-state index contributed by atoms with van der Waals surface area (Å²) in [6, 6.07) is 5.89. The Morgan fingerprint density at radius 1 is 1.16 bits per heavy atom. The number of rotatable bonds is 1. The molecule has 1 aliphatic heterocycles. The van der Waals surface area contributed by atoms with Crippen molar-refractivity contribution in [2.24, 2.45) is 5.92 Å². The van der Waals surface area contributed by atoms with E-state index in [0.717, 1.165) is 35.2 Å². The number of hydrogen-bond donors (Lipinski definition) is 1. The van der Waals surface area contributed by atoms with E-state index in [1.54, 1.807) is 6.92 Å². The lowest BCUT2D eigenvalue weighted by Gasteiger charge is -2.36. The number of fused-ring (bicyclic) bond motifs is 3. The molecule has 25 heavy (non-hydrogen) atoms. The van der Waals surface area contributed by atoms with Gasteiger partial charge in [0.15, 0.2) is 0 Å². The van der Waals surface area contributed by atoms with Crippen molar-refractivity contribution >= 4 is 34.3 Å². The Bertz CT molecular complexity index is 837. The van der Waals surface area contributed by atoms with Gasteiger partial charge in [-0.25, -0.2) is 0 Å². The fourth-order valence-corrected chi connectivity index (χ4v) is 4.27. The molecular formula is C19H22ClN3O2. The van der Waals surface area contributed by atoms with E-state index in [4.69, 9.17) is 11.6 Å². The van der Waals surface area contributed by atoms with Crippen LogP contribution >= 0.6 is 11.6 Å². The molecule has 1 N–H and O–H groups in total. The zero-order chi connectivity index (χ0) is 17.6. The van der Waals surface area contributed by atoms with Crippen LogP contribution in [0.5, 0.6) is 0 Å². The number of piperazine rings is 1. The molecule has 1 aromatic heterocycles. The topological polar surface area (TPSA) is 56.4 Å². The molecule has 0 spiro atoms. The maximum absolute atomic E-state index is 13.0. The molecular weight excluding hydrogens is 338 g/mol. The SMILES string of the molecule is CC(=O)N1CCN(C(=O)C2CCc3[nH]c4ccc(Cl)cc4c3C2)CC1. The van der Waals surface area contributed by atoms with Crippen molar-refractivity contribution in [3.8, 4) is 0 Å². The van der Waals surface area contributed by atoms with Crippen LogP contribution < -0.4 is 0 Å². The minimum atomic E-state index is 0.0226. The highest BCUT2D eigenvalue weighted by atomic mass is 35.5. The third kappa shape index (κ3) is 3.01. The highest BCUT2D eigenvalue weighted by molar-refractivity contribution is 6.31. The van der Waals surface area contributed by atoms with Gasteiger partial charge < -0.3 is 14.8 Å². The van der Waals surface area contributed by atoms with Crippen molar-refractivity contribution in [2.45, 2.75) is 26.2 Å². The lowest BCUT2D eigenvalue weighted by molar-refractivity contribution is -0.141. The number of benzene rings is 1. The molecule has 0 bridgehead atoms. The van der Waals surface area contributed by atoms with E-state index in [2.05, 4.69) is 4.98 Å². The molecule has 2 aliphatic rings. The Balaban J connectivity index is 1.50. The zero-order valence-corrected chi connectivity index (χ0v) is 15.1. The van der Waals surface area contributed by atoms with E-state index < -0.39 is 0 Å². The number of halogens is 1. The normalized spacial score (nSPS) is 20.6. The van der Waals surface area contributed by atoms with E-state index in [1.807, 2.05) is 28.0 Å². The number of carbonyl (C=O) groups is 2. The van der Waals surface area contributed by atoms with Crippen LogP contribution in [0.3, 0.4) is 0 Å². The zero-order valence-electron chi connectivity index (χ0n) is 14.3. The summed E-state index contributed by atoms with van der Waals surface area (Å²) < 4.78 is 0. The predicted octanol–water partition coefficient (Wildman–Crippen LogP) is 2.62. The minimum Gasteiger partial charge on any atom is -0.358 e. The molecule has 6 heteroatoms. The highest BCUT2D eigenvalue weighted by Gasteiger charge is 2.32. The number of amides is 2. The van der Waals surface area contributed by atoms with Crippen molar-refractivity contribution in [1.82, 2.24) is 14.8 Å². The van der Waals surface area contributed by atoms with Gasteiger partial charge in [-0.1, -0.05) is 11.6 Å². The molecule has 2 amide bonds. The maximum atomic E-state index is 13.0. The van der Waals surface area contributed by atoms with Crippen LogP contribution in [0.1, 0.15) is 24.6 Å². The number of hydrogen-bond acceptors (Lipinski definition) is 2. The summed E-state index contributed by atoms with van der Waals surface area (Å²) in [4.78, 5) is 31.6. The molecule has 0 saturated carbocycles. The van der Waals surface area contributed by atoms with Crippen molar-refractivity contribution < 1.29 is 9.59 Å². The molecule has 132 valence electrons. The molecule has 0 radical (unpaired) electrons. The van der Waals surface area contributed by atoms with Crippen LogP contribution in [0, 0.1) is 5.92 Å². The summed E-state index contributed by atoms with van der Waals surface area (Å²) >= 11 is 6.16. The Labute approximate surface area is 151 Å². The lowest BCUT2D eigenvalue weighted by atomic mass is 9.85. The van der Waals surface area contributed by atoms with E-state index in [-0.39, 0.29) is 17.7 Å². The van der Waals surface area contributed by atoms with Gasteiger partial charge in [-0.15, -0.1) is 0 Å². The quantitative estimate of drug-likeness (QED) is 0.851. The van der Waals surface area contributed by atoms with Gasteiger partial charge in [-0.3, -0.25) is 9.59 Å². The lowest BCUT2D eigenvalue weighted by Crippen LogP contribution is -2.52. The first-order valence-corrected chi connectivity index (χ1v) is 9.24. The summed E-state index contributed by atoms with van der Waals surface area (Å²) in [6.07, 6.45) is 2.53. The third-order valence-corrected chi connectivity index (χ3v) is 5.77. The van der Waals surface area contributed by atoms with Crippen LogP contribution in [0.2, 0.25) is 5.02 Å². The minimum absolute atomic E-state index is 0.0226. The predicted molar refractivity (Wildman–Crippen MR) is 97.7 cm³/mol. The van der Waals surface area contributed by atoms with Gasteiger partial charge >= 0.3 is 0 Å². The van der Waals surface area contributed by atoms with E-state index in [9.17, 15) is 9.59 Å². The molecule has 1 unspecified atom stereocenters. The van der Waals surface area contributed by atoms with Crippen molar-refractivity contribution in [1.29, 1.82) is 0 Å². The summed E-state index contributed by atoms with van der Waals surface area (Å²) in [5.41, 5.74) is 3.57. The molecule has 2 heterocycles. The fourth-order valence-electron chi connectivity index (χ4n) is 4.10. The van der Waals surface area contributed by atoms with E-state index >= 15 is 0 Å². The van der Waals surface area contributed by atoms with Gasteiger partial charge in [0.25, 0.3) is 0 Å². The van der Waals surface area contributed by atoms with Gasteiger partial charge in [0.2, 0.25) is 11.8 Å². The average molecular weight is 360 g/mol. The molecule has 1 aromatic carbocycles. The average Bonchev–Trinajstić information content (AvgIpc) is 2.98. The van der Waals surface area contributed by atoms with E-state index in [1.165, 1.54) is 11.3 Å². The number of H-pyrrole nitrogens is 1. The first kappa shape index (κ1) is 16.5. The number of carbonyl (C=O) groups excluding carboxylic acids is 2. The second kappa shape index (κ2) is 6.37. The van der Waals surface area contributed by atoms with Crippen molar-refractivity contribution in [3.63, 3.8) is 0 Å². The Hall–Kier alpha value is -2.01. The monoisotopic (exact) mass is 359 g/mol. The maximum Gasteiger partial charge on any atom is 0.226 e. The fraction of sp³-hybridized carbons (Fsp3) is 0.474. The summed E-state index contributed by atoms with van der Waals surface area (Å²) in [6.45, 7) is 4.15. The van der Waals surface area contributed by atoms with Crippen LogP contribution in [0.4, 0.5) is 0 Å². The van der Waals surface area contributed by atoms with Crippen molar-refractivity contribution in [3.05, 3.63) is 34.5 Å². The summed E-state index contributed by atoms with van der Waals surface area (Å²) in [5, 5.41) is 1.87. The van der Waals surface area contributed by atoms with Crippen LogP contribution in [0.25, 0.3) is 10.9 Å². The van der Waals surface area contributed by atoms with Crippen molar-refractivity contribution in [2.75, 3.05) is 26.2 Å². The number of aryl methyl sites for hydroxylation is 1. The number of aromatic nitrogens is 1. The number of aromatic amines is 1. The highest BCUT2D eigenvalue weighted by Crippen LogP contribution is 2.34. The van der Waals surface area contributed by atoms with Gasteiger partial charge in [0.05, 0.1) is 0 Å². The second-order valence-electron chi connectivity index (χ2n) is 7.04. The number of nitrogens with one attached hydrogen (secondary N) is 1. The van der Waals surface area contributed by atoms with Crippen LogP contribution in [-0.2, 0) is 22.4 Å². The molecule has 1 atom stereocenters. The molecule has 1 fully saturated rings. The first-order valence-electron chi connectivity index (χ1n) is 8.86. The number of nitrogens with zero attached hydrogens (tertiary/aromatic N) is 2. The van der Waals surface area contributed by atoms with Crippen LogP contribution in [0.15, 0.2) is 18.2 Å². The van der Waals surface area contributed by atoms with Gasteiger partial charge in [-0.2, -0.15) is 0 Å².